The van der Waals surface area contributed by atoms with Crippen LogP contribution in [0.4, 0.5) is 13.2 Å². The number of hydrogen-bond donors (Lipinski definition) is 1. The lowest BCUT2D eigenvalue weighted by molar-refractivity contribution is -0.146. The summed E-state index contributed by atoms with van der Waals surface area (Å²) in [7, 11) is 0. The van der Waals surface area contributed by atoms with Crippen LogP contribution >= 0.6 is 11.3 Å². The van der Waals surface area contributed by atoms with Crippen LogP contribution in [-0.2, 0) is 6.18 Å². The quantitative estimate of drug-likeness (QED) is 0.920. The van der Waals surface area contributed by atoms with Crippen LogP contribution in [0.15, 0.2) is 0 Å². The molecule has 94 valence electrons. The minimum atomic E-state index is -4.54. The van der Waals surface area contributed by atoms with E-state index in [2.05, 4.69) is 20.6 Å². The van der Waals surface area contributed by atoms with Crippen molar-refractivity contribution in [1.29, 1.82) is 0 Å². The minimum absolute atomic E-state index is 0.104. The average molecular weight is 265 g/mol. The molecule has 9 heteroatoms. The molecule has 0 aliphatic rings. The fourth-order valence-electron chi connectivity index (χ4n) is 1.38. The van der Waals surface area contributed by atoms with Gasteiger partial charge in [-0.25, -0.2) is 0 Å². The van der Waals surface area contributed by atoms with Gasteiger partial charge in [0.05, 0.1) is 6.04 Å². The molecular weight excluding hydrogens is 255 g/mol. The first-order valence-electron chi connectivity index (χ1n) is 4.96. The molecule has 2 rings (SSSR count). The highest BCUT2D eigenvalue weighted by molar-refractivity contribution is 7.16. The molecule has 5 nitrogen and oxygen atoms in total. The molecule has 0 saturated carbocycles. The van der Waals surface area contributed by atoms with E-state index in [1.165, 1.54) is 0 Å². The third kappa shape index (κ3) is 2.25. The van der Waals surface area contributed by atoms with Gasteiger partial charge in [-0.15, -0.1) is 10.2 Å². The number of alkyl halides is 3. The predicted molar refractivity (Wildman–Crippen MR) is 55.8 cm³/mol. The third-order valence-corrected chi connectivity index (χ3v) is 3.22. The Kier molecular flexibility index (Phi) is 3.04. The summed E-state index contributed by atoms with van der Waals surface area (Å²) in [4.78, 5) is 0.150. The summed E-state index contributed by atoms with van der Waals surface area (Å²) in [5.41, 5.74) is 0. The molecule has 2 heterocycles. The van der Waals surface area contributed by atoms with Gasteiger partial charge in [-0.2, -0.15) is 22.8 Å². The lowest BCUT2D eigenvalue weighted by Crippen LogP contribution is -2.18. The first kappa shape index (κ1) is 12.2. The largest absolute Gasteiger partial charge is 0.453 e. The van der Waals surface area contributed by atoms with Gasteiger partial charge >= 0.3 is 6.18 Å². The van der Waals surface area contributed by atoms with Crippen molar-refractivity contribution < 1.29 is 13.2 Å². The summed E-state index contributed by atoms with van der Waals surface area (Å²) in [5, 5.41) is 14.1. The molecule has 0 spiro atoms. The average Bonchev–Trinajstić information content (AvgIpc) is 2.73. The maximum Gasteiger partial charge on any atom is 0.453 e. The first-order valence-corrected chi connectivity index (χ1v) is 5.78. The smallest absolute Gasteiger partial charge is 0.308 e. The summed E-state index contributed by atoms with van der Waals surface area (Å²) in [6, 6.07) is -0.104. The molecule has 1 N–H and O–H groups in total. The molecule has 0 bridgehead atoms. The molecule has 0 aliphatic carbocycles. The Morgan fingerprint density at radius 3 is 2.71 bits per heavy atom. The van der Waals surface area contributed by atoms with Crippen LogP contribution in [0.5, 0.6) is 0 Å². The monoisotopic (exact) mass is 265 g/mol. The van der Waals surface area contributed by atoms with Crippen molar-refractivity contribution in [1.82, 2.24) is 25.1 Å². The van der Waals surface area contributed by atoms with Gasteiger partial charge < -0.3 is 5.32 Å². The Labute approximate surface area is 98.7 Å². The van der Waals surface area contributed by atoms with Crippen LogP contribution in [0.1, 0.15) is 30.7 Å². The lowest BCUT2D eigenvalue weighted by Gasteiger charge is -2.07. The molecule has 0 aromatic carbocycles. The summed E-state index contributed by atoms with van der Waals surface area (Å²) >= 11 is 1.10. The lowest BCUT2D eigenvalue weighted by atomic mass is 10.3. The Morgan fingerprint density at radius 1 is 1.41 bits per heavy atom. The number of fused-ring (bicyclic) bond motifs is 1. The standard InChI is InChI=1S/C8H10F3N5S/c1-3-12-4(2)5-15-16-6(8(9,10)11)13-14-7(16)17-5/h4,12H,3H2,1-2H3. The van der Waals surface area contributed by atoms with Gasteiger partial charge in [0.1, 0.15) is 5.01 Å². The van der Waals surface area contributed by atoms with Crippen LogP contribution in [0.3, 0.4) is 0 Å². The number of halogens is 3. The van der Waals surface area contributed by atoms with Crippen LogP contribution in [0.25, 0.3) is 4.96 Å². The molecule has 0 fully saturated rings. The van der Waals surface area contributed by atoms with Gasteiger partial charge in [0.25, 0.3) is 5.82 Å². The van der Waals surface area contributed by atoms with E-state index in [9.17, 15) is 13.2 Å². The molecule has 0 saturated heterocycles. The van der Waals surface area contributed by atoms with E-state index in [4.69, 9.17) is 0 Å². The van der Waals surface area contributed by atoms with Gasteiger partial charge in [0, 0.05) is 0 Å². The Hall–Kier alpha value is -1.22. The van der Waals surface area contributed by atoms with Crippen LogP contribution in [0.2, 0.25) is 0 Å². The zero-order valence-corrected chi connectivity index (χ0v) is 9.93. The molecule has 2 aromatic heterocycles. The number of aromatic nitrogens is 4. The van der Waals surface area contributed by atoms with Crippen LogP contribution in [-0.4, -0.2) is 26.4 Å². The molecule has 1 unspecified atom stereocenters. The second kappa shape index (κ2) is 4.22. The Morgan fingerprint density at radius 2 is 2.12 bits per heavy atom. The fourth-order valence-corrected chi connectivity index (χ4v) is 2.24. The van der Waals surface area contributed by atoms with Gasteiger partial charge in [-0.1, -0.05) is 18.3 Å². The van der Waals surface area contributed by atoms with Crippen molar-refractivity contribution in [3.8, 4) is 0 Å². The minimum Gasteiger partial charge on any atom is -0.308 e. The second-order valence-corrected chi connectivity index (χ2v) is 4.42. The maximum absolute atomic E-state index is 12.5. The molecule has 17 heavy (non-hydrogen) atoms. The van der Waals surface area contributed by atoms with Gasteiger partial charge in [0.2, 0.25) is 4.96 Å². The van der Waals surface area contributed by atoms with Crippen LogP contribution in [0, 0.1) is 0 Å². The topological polar surface area (TPSA) is 55.1 Å². The van der Waals surface area contributed by atoms with Gasteiger partial charge in [0.15, 0.2) is 0 Å². The van der Waals surface area contributed by atoms with Crippen molar-refractivity contribution in [2.75, 3.05) is 6.54 Å². The number of nitrogens with one attached hydrogen (secondary N) is 1. The van der Waals surface area contributed by atoms with Crippen molar-refractivity contribution in [2.24, 2.45) is 0 Å². The van der Waals surface area contributed by atoms with E-state index in [1.807, 2.05) is 13.8 Å². The highest BCUT2D eigenvalue weighted by atomic mass is 32.1. The van der Waals surface area contributed by atoms with Crippen molar-refractivity contribution in [3.05, 3.63) is 10.8 Å². The summed E-state index contributed by atoms with van der Waals surface area (Å²) < 4.78 is 38.3. The number of hydrogen-bond acceptors (Lipinski definition) is 5. The molecule has 0 radical (unpaired) electrons. The second-order valence-electron chi connectivity index (χ2n) is 3.44. The number of nitrogens with zero attached hydrogens (tertiary/aromatic N) is 4. The highest BCUT2D eigenvalue weighted by Crippen LogP contribution is 2.29. The fraction of sp³-hybridized carbons (Fsp3) is 0.625. The van der Waals surface area contributed by atoms with Crippen LogP contribution < -0.4 is 5.32 Å². The Bertz CT molecular complexity index is 517. The third-order valence-electron chi connectivity index (χ3n) is 2.14. The summed E-state index contributed by atoms with van der Waals surface area (Å²) in [6.45, 7) is 4.47. The SMILES string of the molecule is CCNC(C)c1nn2c(C(F)(F)F)nnc2s1. The van der Waals surface area contributed by atoms with E-state index in [0.717, 1.165) is 15.9 Å². The first-order chi connectivity index (χ1) is 7.93. The summed E-state index contributed by atoms with van der Waals surface area (Å²) in [6.07, 6.45) is -4.54. The molecule has 0 amide bonds. The van der Waals surface area contributed by atoms with E-state index in [0.29, 0.717) is 11.6 Å². The van der Waals surface area contributed by atoms with E-state index in [-0.39, 0.29) is 11.0 Å². The Balaban J connectivity index is 2.42. The maximum atomic E-state index is 12.5. The van der Waals surface area contributed by atoms with Gasteiger partial charge in [-0.3, -0.25) is 0 Å². The zero-order valence-electron chi connectivity index (χ0n) is 9.12. The zero-order chi connectivity index (χ0) is 12.6. The van der Waals surface area contributed by atoms with Crippen molar-refractivity contribution in [3.63, 3.8) is 0 Å². The molecule has 0 aliphatic heterocycles. The normalized spacial score (nSPS) is 14.4. The van der Waals surface area contributed by atoms with E-state index >= 15 is 0 Å². The molecular formula is C8H10F3N5S. The number of rotatable bonds is 3. The van der Waals surface area contributed by atoms with E-state index in [1.54, 1.807) is 0 Å². The highest BCUT2D eigenvalue weighted by Gasteiger charge is 2.38. The van der Waals surface area contributed by atoms with Crippen molar-refractivity contribution in [2.45, 2.75) is 26.1 Å². The molecule has 2 aromatic rings. The molecule has 1 atom stereocenters. The van der Waals surface area contributed by atoms with E-state index < -0.39 is 12.0 Å². The van der Waals surface area contributed by atoms with Crippen molar-refractivity contribution >= 4 is 16.3 Å². The summed E-state index contributed by atoms with van der Waals surface area (Å²) in [5.74, 6) is -1.08. The predicted octanol–water partition coefficient (Wildman–Crippen LogP) is 1.88. The van der Waals surface area contributed by atoms with Gasteiger partial charge in [-0.05, 0) is 13.5 Å².